The van der Waals surface area contributed by atoms with Gasteiger partial charge in [-0.05, 0) is 26.2 Å². The van der Waals surface area contributed by atoms with E-state index >= 15 is 0 Å². The van der Waals surface area contributed by atoms with Crippen molar-refractivity contribution in [3.63, 3.8) is 0 Å². The van der Waals surface area contributed by atoms with Crippen molar-refractivity contribution in [2.45, 2.75) is 6.42 Å². The number of hydrogen-bond acceptors (Lipinski definition) is 5. The fourth-order valence-electron chi connectivity index (χ4n) is 2.37. The molecule has 6 heteroatoms. The largest absolute Gasteiger partial charge is 0.397 e. The third-order valence-electron chi connectivity index (χ3n) is 3.77. The van der Waals surface area contributed by atoms with Crippen LogP contribution >= 0.6 is 0 Å². The number of amides is 1. The number of pyridine rings is 1. The molecule has 2 rings (SSSR count). The number of nitrogens with zero attached hydrogens (tertiary/aromatic N) is 4. The van der Waals surface area contributed by atoms with Crippen LogP contribution in [-0.4, -0.2) is 79.0 Å². The van der Waals surface area contributed by atoms with Gasteiger partial charge in [-0.2, -0.15) is 0 Å². The van der Waals surface area contributed by atoms with Crippen molar-refractivity contribution in [3.05, 3.63) is 24.0 Å². The highest BCUT2D eigenvalue weighted by molar-refractivity contribution is 5.78. The second-order valence-electron chi connectivity index (χ2n) is 5.79. The summed E-state index contributed by atoms with van der Waals surface area (Å²) in [5, 5.41) is 0. The second-order valence-corrected chi connectivity index (χ2v) is 5.79. The molecule has 2 heterocycles. The van der Waals surface area contributed by atoms with Gasteiger partial charge in [0.2, 0.25) is 5.91 Å². The van der Waals surface area contributed by atoms with Crippen molar-refractivity contribution in [2.24, 2.45) is 0 Å². The molecule has 6 nitrogen and oxygen atoms in total. The SMILES string of the molecule is CN(C)CCN1CCN(C(=O)Cc2ccc(N)cn2)CC1. The standard InChI is InChI=1S/C15H25N5O/c1-18(2)5-6-19-7-9-20(10-8-19)15(21)11-14-4-3-13(16)12-17-14/h3-4,12H,5-11,16H2,1-2H3. The molecule has 0 unspecified atom stereocenters. The molecule has 1 aromatic heterocycles. The molecule has 0 atom stereocenters. The van der Waals surface area contributed by atoms with Crippen LogP contribution in [0.15, 0.2) is 18.3 Å². The number of anilines is 1. The smallest absolute Gasteiger partial charge is 0.228 e. The van der Waals surface area contributed by atoms with Crippen LogP contribution in [0, 0.1) is 0 Å². The van der Waals surface area contributed by atoms with Crippen LogP contribution in [0.2, 0.25) is 0 Å². The lowest BCUT2D eigenvalue weighted by Gasteiger charge is -2.35. The Hall–Kier alpha value is -1.66. The Labute approximate surface area is 126 Å². The molecule has 1 saturated heterocycles. The Morgan fingerprint density at radius 1 is 1.29 bits per heavy atom. The fraction of sp³-hybridized carbons (Fsp3) is 0.600. The number of nitrogens with two attached hydrogens (primary N) is 1. The minimum Gasteiger partial charge on any atom is -0.397 e. The molecule has 116 valence electrons. The molecule has 0 spiro atoms. The average Bonchev–Trinajstić information content (AvgIpc) is 2.48. The molecular weight excluding hydrogens is 266 g/mol. The van der Waals surface area contributed by atoms with Gasteiger partial charge >= 0.3 is 0 Å². The van der Waals surface area contributed by atoms with Gasteiger partial charge in [-0.25, -0.2) is 0 Å². The van der Waals surface area contributed by atoms with E-state index in [1.54, 1.807) is 12.3 Å². The van der Waals surface area contributed by atoms with Gasteiger partial charge < -0.3 is 15.5 Å². The van der Waals surface area contributed by atoms with Crippen LogP contribution in [0.3, 0.4) is 0 Å². The van der Waals surface area contributed by atoms with Crippen molar-refractivity contribution >= 4 is 11.6 Å². The zero-order valence-electron chi connectivity index (χ0n) is 13.0. The first-order valence-electron chi connectivity index (χ1n) is 7.40. The monoisotopic (exact) mass is 291 g/mol. The topological polar surface area (TPSA) is 65.7 Å². The van der Waals surface area contributed by atoms with Crippen molar-refractivity contribution in [3.8, 4) is 0 Å². The Bertz CT molecular complexity index is 452. The third-order valence-corrected chi connectivity index (χ3v) is 3.77. The van der Waals surface area contributed by atoms with Gasteiger partial charge in [0.1, 0.15) is 0 Å². The number of carbonyl (C=O) groups is 1. The first-order valence-corrected chi connectivity index (χ1v) is 7.40. The molecule has 0 radical (unpaired) electrons. The van der Waals surface area contributed by atoms with E-state index in [-0.39, 0.29) is 5.91 Å². The van der Waals surface area contributed by atoms with E-state index in [4.69, 9.17) is 5.73 Å². The summed E-state index contributed by atoms with van der Waals surface area (Å²) < 4.78 is 0. The summed E-state index contributed by atoms with van der Waals surface area (Å²) in [6.45, 7) is 5.64. The first kappa shape index (κ1) is 15.7. The summed E-state index contributed by atoms with van der Waals surface area (Å²) in [5.41, 5.74) is 7.01. The van der Waals surface area contributed by atoms with E-state index in [2.05, 4.69) is 28.9 Å². The maximum atomic E-state index is 12.3. The molecule has 21 heavy (non-hydrogen) atoms. The molecule has 1 aliphatic heterocycles. The van der Waals surface area contributed by atoms with Crippen LogP contribution in [0.1, 0.15) is 5.69 Å². The third kappa shape index (κ3) is 4.99. The molecule has 0 saturated carbocycles. The molecule has 0 aromatic carbocycles. The molecule has 1 aromatic rings. The van der Waals surface area contributed by atoms with Gasteiger partial charge in [0.25, 0.3) is 0 Å². The highest BCUT2D eigenvalue weighted by Gasteiger charge is 2.21. The summed E-state index contributed by atoms with van der Waals surface area (Å²) in [5.74, 6) is 0.152. The highest BCUT2D eigenvalue weighted by atomic mass is 16.2. The highest BCUT2D eigenvalue weighted by Crippen LogP contribution is 2.07. The molecule has 1 fully saturated rings. The van der Waals surface area contributed by atoms with E-state index in [0.717, 1.165) is 45.0 Å². The average molecular weight is 291 g/mol. The zero-order chi connectivity index (χ0) is 15.2. The number of rotatable bonds is 5. The second kappa shape index (κ2) is 7.38. The maximum absolute atomic E-state index is 12.3. The quantitative estimate of drug-likeness (QED) is 0.821. The van der Waals surface area contributed by atoms with Crippen LogP contribution in [0.4, 0.5) is 5.69 Å². The van der Waals surface area contributed by atoms with Gasteiger partial charge in [0.15, 0.2) is 0 Å². The van der Waals surface area contributed by atoms with Crippen molar-refractivity contribution in [1.29, 1.82) is 0 Å². The van der Waals surface area contributed by atoms with E-state index in [9.17, 15) is 4.79 Å². The van der Waals surface area contributed by atoms with Gasteiger partial charge in [-0.3, -0.25) is 14.7 Å². The molecule has 1 aliphatic rings. The minimum atomic E-state index is 0.152. The number of nitrogen functional groups attached to an aromatic ring is 1. The normalized spacial score (nSPS) is 16.4. The van der Waals surface area contributed by atoms with E-state index in [1.165, 1.54) is 0 Å². The Kier molecular flexibility index (Phi) is 5.52. The van der Waals surface area contributed by atoms with Gasteiger partial charge in [0, 0.05) is 45.0 Å². The predicted molar refractivity (Wildman–Crippen MR) is 83.9 cm³/mol. The van der Waals surface area contributed by atoms with Crippen molar-refractivity contribution in [1.82, 2.24) is 19.7 Å². The number of likely N-dealkylation sites (N-methyl/N-ethyl adjacent to an activating group) is 1. The molecule has 0 aliphatic carbocycles. The lowest BCUT2D eigenvalue weighted by molar-refractivity contribution is -0.132. The number of carbonyl (C=O) groups excluding carboxylic acids is 1. The maximum Gasteiger partial charge on any atom is 0.228 e. The van der Waals surface area contributed by atoms with E-state index in [0.29, 0.717) is 12.1 Å². The molecular formula is C15H25N5O. The summed E-state index contributed by atoms with van der Waals surface area (Å²) in [6, 6.07) is 3.61. The van der Waals surface area contributed by atoms with E-state index in [1.807, 2.05) is 11.0 Å². The Morgan fingerprint density at radius 3 is 2.57 bits per heavy atom. The van der Waals surface area contributed by atoms with Crippen LogP contribution in [-0.2, 0) is 11.2 Å². The summed E-state index contributed by atoms with van der Waals surface area (Å²) >= 11 is 0. The van der Waals surface area contributed by atoms with Gasteiger partial charge in [0.05, 0.1) is 18.3 Å². The lowest BCUT2D eigenvalue weighted by atomic mass is 10.2. The number of aromatic nitrogens is 1. The fourth-order valence-corrected chi connectivity index (χ4v) is 2.37. The van der Waals surface area contributed by atoms with Crippen LogP contribution in [0.5, 0.6) is 0 Å². The number of hydrogen-bond donors (Lipinski definition) is 1. The summed E-state index contributed by atoms with van der Waals surface area (Å²) in [4.78, 5) is 23.0. The predicted octanol–water partition coefficient (Wildman–Crippen LogP) is -0.0879. The molecule has 2 N–H and O–H groups in total. The van der Waals surface area contributed by atoms with Gasteiger partial charge in [-0.15, -0.1) is 0 Å². The minimum absolute atomic E-state index is 0.152. The molecule has 1 amide bonds. The Morgan fingerprint density at radius 2 is 2.00 bits per heavy atom. The van der Waals surface area contributed by atoms with Crippen molar-refractivity contribution < 1.29 is 4.79 Å². The van der Waals surface area contributed by atoms with Crippen molar-refractivity contribution in [2.75, 3.05) is 59.1 Å². The van der Waals surface area contributed by atoms with Gasteiger partial charge in [-0.1, -0.05) is 0 Å². The summed E-state index contributed by atoms with van der Waals surface area (Å²) in [7, 11) is 4.17. The lowest BCUT2D eigenvalue weighted by Crippen LogP contribution is -2.50. The van der Waals surface area contributed by atoms with Crippen LogP contribution in [0.25, 0.3) is 0 Å². The first-order chi connectivity index (χ1) is 10.0. The Balaban J connectivity index is 1.76. The zero-order valence-corrected chi connectivity index (χ0v) is 13.0. The molecule has 0 bridgehead atoms. The number of piperazine rings is 1. The van der Waals surface area contributed by atoms with E-state index < -0.39 is 0 Å². The van der Waals surface area contributed by atoms with Crippen LogP contribution < -0.4 is 5.73 Å². The summed E-state index contributed by atoms with van der Waals surface area (Å²) in [6.07, 6.45) is 1.96.